The third-order valence-electron chi connectivity index (χ3n) is 4.11. The average Bonchev–Trinajstić information content (AvgIpc) is 2.85. The van der Waals surface area contributed by atoms with Gasteiger partial charge in [-0.2, -0.15) is 0 Å². The summed E-state index contributed by atoms with van der Waals surface area (Å²) in [5.74, 6) is 3.45. The molecule has 3 nitrogen and oxygen atoms in total. The van der Waals surface area contributed by atoms with Crippen LogP contribution >= 0.6 is 0 Å². The Balaban J connectivity index is 1.66. The Morgan fingerprint density at radius 2 is 2.35 bits per heavy atom. The summed E-state index contributed by atoms with van der Waals surface area (Å²) >= 11 is 0. The standard InChI is InChI=1S/C14H21NO2/c1-10-7-12(10)13-4-3-11(17-13)8-14(16)5-2-6-15-9-14/h3-4,10,12,15-16H,2,5-9H2,1H3. The first-order valence-corrected chi connectivity index (χ1v) is 6.68. The van der Waals surface area contributed by atoms with Gasteiger partial charge in [-0.15, -0.1) is 0 Å². The number of furan rings is 1. The zero-order valence-electron chi connectivity index (χ0n) is 10.4. The van der Waals surface area contributed by atoms with E-state index in [-0.39, 0.29) is 0 Å². The summed E-state index contributed by atoms with van der Waals surface area (Å²) in [7, 11) is 0. The fraction of sp³-hybridized carbons (Fsp3) is 0.714. The van der Waals surface area contributed by atoms with E-state index < -0.39 is 5.60 Å². The summed E-state index contributed by atoms with van der Waals surface area (Å²) in [6, 6.07) is 4.12. The smallest absolute Gasteiger partial charge is 0.107 e. The van der Waals surface area contributed by atoms with Crippen LogP contribution in [0.15, 0.2) is 16.5 Å². The van der Waals surface area contributed by atoms with Crippen molar-refractivity contribution in [2.24, 2.45) is 5.92 Å². The molecule has 1 aliphatic heterocycles. The van der Waals surface area contributed by atoms with Crippen molar-refractivity contribution in [3.63, 3.8) is 0 Å². The van der Waals surface area contributed by atoms with Crippen molar-refractivity contribution in [2.45, 2.75) is 44.1 Å². The monoisotopic (exact) mass is 235 g/mol. The molecule has 2 aliphatic rings. The van der Waals surface area contributed by atoms with Gasteiger partial charge in [0.2, 0.25) is 0 Å². The second kappa shape index (κ2) is 4.14. The highest BCUT2D eigenvalue weighted by atomic mass is 16.3. The van der Waals surface area contributed by atoms with E-state index in [4.69, 9.17) is 4.42 Å². The zero-order chi connectivity index (χ0) is 11.9. The first-order valence-electron chi connectivity index (χ1n) is 6.68. The Morgan fingerprint density at radius 3 is 3.00 bits per heavy atom. The largest absolute Gasteiger partial charge is 0.466 e. The molecule has 3 rings (SSSR count). The Labute approximate surface area is 102 Å². The molecule has 1 saturated carbocycles. The number of hydrogen-bond acceptors (Lipinski definition) is 3. The van der Waals surface area contributed by atoms with E-state index >= 15 is 0 Å². The molecule has 94 valence electrons. The molecular formula is C14H21NO2. The van der Waals surface area contributed by atoms with Crippen molar-refractivity contribution in [3.05, 3.63) is 23.7 Å². The fourth-order valence-corrected chi connectivity index (χ4v) is 2.83. The Bertz CT molecular complexity index is 393. The number of hydrogen-bond donors (Lipinski definition) is 2. The molecule has 0 amide bonds. The van der Waals surface area contributed by atoms with Gasteiger partial charge in [0.1, 0.15) is 11.5 Å². The number of rotatable bonds is 3. The number of nitrogens with one attached hydrogen (secondary N) is 1. The molecule has 3 unspecified atom stereocenters. The number of β-amino-alcohol motifs (C(OH)–C–C–N with tert-alkyl or cyclic N) is 1. The van der Waals surface area contributed by atoms with Gasteiger partial charge in [-0.25, -0.2) is 0 Å². The first-order chi connectivity index (χ1) is 8.16. The van der Waals surface area contributed by atoms with E-state index in [1.807, 2.05) is 6.07 Å². The topological polar surface area (TPSA) is 45.4 Å². The summed E-state index contributed by atoms with van der Waals surface area (Å²) in [4.78, 5) is 0. The third kappa shape index (κ3) is 2.40. The summed E-state index contributed by atoms with van der Waals surface area (Å²) < 4.78 is 5.86. The summed E-state index contributed by atoms with van der Waals surface area (Å²) in [5.41, 5.74) is -0.609. The molecule has 3 heteroatoms. The molecule has 0 aromatic carbocycles. The molecule has 0 bridgehead atoms. The lowest BCUT2D eigenvalue weighted by atomic mass is 9.90. The summed E-state index contributed by atoms with van der Waals surface area (Å²) in [6.07, 6.45) is 3.81. The minimum atomic E-state index is -0.609. The maximum atomic E-state index is 10.4. The molecule has 1 saturated heterocycles. The average molecular weight is 235 g/mol. The van der Waals surface area contributed by atoms with Gasteiger partial charge in [-0.05, 0) is 43.9 Å². The van der Waals surface area contributed by atoms with Crippen LogP contribution in [0, 0.1) is 5.92 Å². The van der Waals surface area contributed by atoms with Crippen LogP contribution in [0.4, 0.5) is 0 Å². The molecule has 2 fully saturated rings. The second-order valence-electron chi connectivity index (χ2n) is 5.81. The van der Waals surface area contributed by atoms with Crippen molar-refractivity contribution >= 4 is 0 Å². The number of piperidine rings is 1. The Kier molecular flexibility index (Phi) is 2.75. The summed E-state index contributed by atoms with van der Waals surface area (Å²) in [5, 5.41) is 13.7. The van der Waals surface area contributed by atoms with Crippen LogP contribution in [0.2, 0.25) is 0 Å². The van der Waals surface area contributed by atoms with E-state index in [1.54, 1.807) is 0 Å². The molecule has 1 aromatic rings. The maximum Gasteiger partial charge on any atom is 0.107 e. The van der Waals surface area contributed by atoms with Crippen LogP contribution < -0.4 is 5.32 Å². The van der Waals surface area contributed by atoms with Gasteiger partial charge in [0.15, 0.2) is 0 Å². The molecule has 1 aliphatic carbocycles. The second-order valence-corrected chi connectivity index (χ2v) is 5.81. The molecule has 17 heavy (non-hydrogen) atoms. The van der Waals surface area contributed by atoms with E-state index in [2.05, 4.69) is 18.3 Å². The summed E-state index contributed by atoms with van der Waals surface area (Å²) in [6.45, 7) is 3.96. The molecule has 2 heterocycles. The van der Waals surface area contributed by atoms with Crippen LogP contribution in [-0.2, 0) is 6.42 Å². The van der Waals surface area contributed by atoms with Crippen molar-refractivity contribution in [1.29, 1.82) is 0 Å². The SMILES string of the molecule is CC1CC1c1ccc(CC2(O)CCCNC2)o1. The molecular weight excluding hydrogens is 214 g/mol. The molecule has 3 atom stereocenters. The van der Waals surface area contributed by atoms with Crippen molar-refractivity contribution in [3.8, 4) is 0 Å². The lowest BCUT2D eigenvalue weighted by Crippen LogP contribution is -2.47. The molecule has 0 radical (unpaired) electrons. The minimum absolute atomic E-state index is 0.609. The Hall–Kier alpha value is -0.800. The van der Waals surface area contributed by atoms with Crippen LogP contribution in [0.5, 0.6) is 0 Å². The molecule has 0 spiro atoms. The van der Waals surface area contributed by atoms with Crippen LogP contribution in [-0.4, -0.2) is 23.8 Å². The van der Waals surface area contributed by atoms with Gasteiger partial charge in [0.25, 0.3) is 0 Å². The van der Waals surface area contributed by atoms with Crippen molar-refractivity contribution < 1.29 is 9.52 Å². The highest BCUT2D eigenvalue weighted by Gasteiger charge is 2.37. The van der Waals surface area contributed by atoms with Gasteiger partial charge in [-0.3, -0.25) is 0 Å². The quantitative estimate of drug-likeness (QED) is 0.843. The van der Waals surface area contributed by atoms with Crippen LogP contribution in [0.3, 0.4) is 0 Å². The number of aliphatic hydroxyl groups is 1. The van der Waals surface area contributed by atoms with Gasteiger partial charge in [0, 0.05) is 18.9 Å². The Morgan fingerprint density at radius 1 is 1.53 bits per heavy atom. The van der Waals surface area contributed by atoms with Crippen molar-refractivity contribution in [2.75, 3.05) is 13.1 Å². The van der Waals surface area contributed by atoms with Gasteiger partial charge in [-0.1, -0.05) is 6.92 Å². The van der Waals surface area contributed by atoms with Crippen molar-refractivity contribution in [1.82, 2.24) is 5.32 Å². The predicted molar refractivity (Wildman–Crippen MR) is 66.0 cm³/mol. The van der Waals surface area contributed by atoms with Gasteiger partial charge < -0.3 is 14.8 Å². The maximum absolute atomic E-state index is 10.4. The first kappa shape index (κ1) is 11.3. The van der Waals surface area contributed by atoms with Crippen LogP contribution in [0.1, 0.15) is 43.6 Å². The fourth-order valence-electron chi connectivity index (χ4n) is 2.83. The lowest BCUT2D eigenvalue weighted by Gasteiger charge is -2.31. The predicted octanol–water partition coefficient (Wildman–Crippen LogP) is 2.06. The lowest BCUT2D eigenvalue weighted by molar-refractivity contribution is 0.0124. The zero-order valence-corrected chi connectivity index (χ0v) is 10.4. The minimum Gasteiger partial charge on any atom is -0.466 e. The van der Waals surface area contributed by atoms with Crippen LogP contribution in [0.25, 0.3) is 0 Å². The molecule has 1 aromatic heterocycles. The van der Waals surface area contributed by atoms with E-state index in [0.717, 1.165) is 36.8 Å². The third-order valence-corrected chi connectivity index (χ3v) is 4.11. The van der Waals surface area contributed by atoms with Gasteiger partial charge in [0.05, 0.1) is 5.60 Å². The van der Waals surface area contributed by atoms with Gasteiger partial charge >= 0.3 is 0 Å². The van der Waals surface area contributed by atoms with E-state index in [0.29, 0.717) is 18.9 Å². The van der Waals surface area contributed by atoms with E-state index in [9.17, 15) is 5.11 Å². The normalized spacial score (nSPS) is 37.1. The highest BCUT2D eigenvalue weighted by molar-refractivity contribution is 5.18. The highest BCUT2D eigenvalue weighted by Crippen LogP contribution is 2.47. The molecule has 2 N–H and O–H groups in total. The van der Waals surface area contributed by atoms with E-state index in [1.165, 1.54) is 6.42 Å².